The first-order valence-electron chi connectivity index (χ1n) is 5.19. The molecule has 1 rings (SSSR count). The quantitative estimate of drug-likeness (QED) is 0.700. The van der Waals surface area contributed by atoms with Gasteiger partial charge >= 0.3 is 11.9 Å². The van der Waals surface area contributed by atoms with E-state index in [2.05, 4.69) is 5.32 Å². The van der Waals surface area contributed by atoms with E-state index < -0.39 is 18.0 Å². The van der Waals surface area contributed by atoms with Crippen molar-refractivity contribution in [3.63, 3.8) is 0 Å². The van der Waals surface area contributed by atoms with Gasteiger partial charge in [0.05, 0.1) is 5.56 Å². The van der Waals surface area contributed by atoms with Crippen LogP contribution >= 0.6 is 0 Å². The number of rotatable bonds is 5. The number of carboxylic acid groups (broad SMARTS) is 2. The van der Waals surface area contributed by atoms with Crippen molar-refractivity contribution >= 4 is 11.9 Å². The standard InChI is InChI=1S/C11H16N2O4/c1-6(10(14)15)12-5-8-4-9(11(16)17)7(2)13(8)3/h4,6,12H,5H2,1-3H3,(H,14,15)(H,16,17)/t6-/m0/s1. The van der Waals surface area contributed by atoms with Crippen LogP contribution in [0.15, 0.2) is 6.07 Å². The molecule has 6 nitrogen and oxygen atoms in total. The number of nitrogens with zero attached hydrogens (tertiary/aromatic N) is 1. The predicted molar refractivity (Wildman–Crippen MR) is 61.0 cm³/mol. The lowest BCUT2D eigenvalue weighted by Gasteiger charge is -2.10. The summed E-state index contributed by atoms with van der Waals surface area (Å²) in [5.41, 5.74) is 1.64. The SMILES string of the molecule is Cc1c(C(=O)O)cc(CN[C@@H](C)C(=O)O)n1C. The van der Waals surface area contributed by atoms with Gasteiger partial charge in [-0.3, -0.25) is 10.1 Å². The average Bonchev–Trinajstić information content (AvgIpc) is 2.53. The van der Waals surface area contributed by atoms with Crippen LogP contribution in [0.4, 0.5) is 0 Å². The minimum atomic E-state index is -0.976. The molecule has 1 heterocycles. The normalized spacial score (nSPS) is 12.4. The van der Waals surface area contributed by atoms with Crippen molar-refractivity contribution in [2.24, 2.45) is 7.05 Å². The van der Waals surface area contributed by atoms with Crippen LogP contribution in [0.25, 0.3) is 0 Å². The van der Waals surface area contributed by atoms with Gasteiger partial charge in [0.2, 0.25) is 0 Å². The maximum absolute atomic E-state index is 10.9. The highest BCUT2D eigenvalue weighted by molar-refractivity contribution is 5.89. The lowest BCUT2D eigenvalue weighted by atomic mass is 10.2. The number of nitrogens with one attached hydrogen (secondary N) is 1. The van der Waals surface area contributed by atoms with Gasteiger partial charge in [0, 0.05) is 25.0 Å². The van der Waals surface area contributed by atoms with Crippen LogP contribution in [0.3, 0.4) is 0 Å². The zero-order valence-electron chi connectivity index (χ0n) is 10.0. The molecule has 1 aromatic rings. The molecule has 0 fully saturated rings. The molecule has 0 saturated heterocycles. The van der Waals surface area contributed by atoms with E-state index in [1.54, 1.807) is 24.6 Å². The molecule has 0 unspecified atom stereocenters. The predicted octanol–water partition coefficient (Wildman–Crippen LogP) is 0.594. The lowest BCUT2D eigenvalue weighted by molar-refractivity contribution is -0.139. The Kier molecular flexibility index (Phi) is 3.90. The van der Waals surface area contributed by atoms with Crippen LogP contribution in [-0.4, -0.2) is 32.8 Å². The van der Waals surface area contributed by atoms with Gasteiger partial charge in [-0.25, -0.2) is 4.79 Å². The fourth-order valence-corrected chi connectivity index (χ4v) is 1.50. The van der Waals surface area contributed by atoms with E-state index >= 15 is 0 Å². The highest BCUT2D eigenvalue weighted by Gasteiger charge is 2.16. The minimum absolute atomic E-state index is 0.243. The summed E-state index contributed by atoms with van der Waals surface area (Å²) in [4.78, 5) is 21.5. The molecule has 0 aromatic carbocycles. The first kappa shape index (κ1) is 13.2. The molecule has 0 bridgehead atoms. The van der Waals surface area contributed by atoms with Crippen LogP contribution in [-0.2, 0) is 18.4 Å². The summed E-state index contributed by atoms with van der Waals surface area (Å²) in [7, 11) is 1.75. The summed E-state index contributed by atoms with van der Waals surface area (Å²) < 4.78 is 1.74. The van der Waals surface area contributed by atoms with E-state index in [1.807, 2.05) is 0 Å². The van der Waals surface area contributed by atoms with Crippen LogP contribution in [0, 0.1) is 6.92 Å². The Labute approximate surface area is 98.9 Å². The molecule has 6 heteroatoms. The molecule has 0 saturated carbocycles. The van der Waals surface area contributed by atoms with Crippen molar-refractivity contribution < 1.29 is 19.8 Å². The number of aromatic carboxylic acids is 1. The minimum Gasteiger partial charge on any atom is -0.480 e. The third-order valence-corrected chi connectivity index (χ3v) is 2.82. The van der Waals surface area contributed by atoms with Crippen molar-refractivity contribution in [3.8, 4) is 0 Å². The molecule has 94 valence electrons. The summed E-state index contributed by atoms with van der Waals surface area (Å²) in [6.45, 7) is 3.57. The second kappa shape index (κ2) is 5.01. The monoisotopic (exact) mass is 240 g/mol. The van der Waals surface area contributed by atoms with Crippen molar-refractivity contribution in [2.45, 2.75) is 26.4 Å². The molecule has 1 aromatic heterocycles. The largest absolute Gasteiger partial charge is 0.480 e. The van der Waals surface area contributed by atoms with Crippen LogP contribution in [0.2, 0.25) is 0 Å². The van der Waals surface area contributed by atoms with Crippen molar-refractivity contribution in [3.05, 3.63) is 23.0 Å². The van der Waals surface area contributed by atoms with Gasteiger partial charge in [-0.1, -0.05) is 0 Å². The van der Waals surface area contributed by atoms with E-state index in [4.69, 9.17) is 10.2 Å². The van der Waals surface area contributed by atoms with E-state index in [0.717, 1.165) is 5.69 Å². The molecule has 0 aliphatic rings. The molecule has 0 amide bonds. The second-order valence-electron chi connectivity index (χ2n) is 3.94. The Morgan fingerprint density at radius 2 is 2.06 bits per heavy atom. The fraction of sp³-hybridized carbons (Fsp3) is 0.455. The Balaban J connectivity index is 2.82. The summed E-state index contributed by atoms with van der Waals surface area (Å²) in [5.74, 6) is -1.91. The number of carbonyl (C=O) groups is 2. The first-order valence-corrected chi connectivity index (χ1v) is 5.19. The summed E-state index contributed by atoms with van der Waals surface area (Å²) in [5, 5.41) is 20.5. The smallest absolute Gasteiger partial charge is 0.337 e. The van der Waals surface area contributed by atoms with E-state index in [-0.39, 0.29) is 5.56 Å². The van der Waals surface area contributed by atoms with Gasteiger partial charge in [0.15, 0.2) is 0 Å². The number of aliphatic carboxylic acids is 1. The van der Waals surface area contributed by atoms with Crippen molar-refractivity contribution in [1.82, 2.24) is 9.88 Å². The van der Waals surface area contributed by atoms with Crippen LogP contribution in [0.5, 0.6) is 0 Å². The number of aromatic nitrogens is 1. The van der Waals surface area contributed by atoms with Crippen LogP contribution in [0.1, 0.15) is 28.7 Å². The van der Waals surface area contributed by atoms with Crippen molar-refractivity contribution in [2.75, 3.05) is 0 Å². The average molecular weight is 240 g/mol. The van der Waals surface area contributed by atoms with E-state index in [0.29, 0.717) is 12.2 Å². The van der Waals surface area contributed by atoms with Gasteiger partial charge in [-0.2, -0.15) is 0 Å². The molecular formula is C11H16N2O4. The van der Waals surface area contributed by atoms with Crippen LogP contribution < -0.4 is 5.32 Å². The Bertz CT molecular complexity index is 451. The molecule has 3 N–H and O–H groups in total. The maximum atomic E-state index is 10.9. The van der Waals surface area contributed by atoms with E-state index in [9.17, 15) is 9.59 Å². The number of hydrogen-bond acceptors (Lipinski definition) is 3. The van der Waals surface area contributed by atoms with E-state index in [1.165, 1.54) is 6.92 Å². The van der Waals surface area contributed by atoms with Gasteiger partial charge in [-0.15, -0.1) is 0 Å². The molecule has 0 spiro atoms. The zero-order chi connectivity index (χ0) is 13.2. The fourth-order valence-electron chi connectivity index (χ4n) is 1.50. The Morgan fingerprint density at radius 1 is 1.47 bits per heavy atom. The highest BCUT2D eigenvalue weighted by Crippen LogP contribution is 2.14. The highest BCUT2D eigenvalue weighted by atomic mass is 16.4. The Morgan fingerprint density at radius 3 is 2.47 bits per heavy atom. The van der Waals surface area contributed by atoms with Gasteiger partial charge in [0.1, 0.15) is 6.04 Å². The zero-order valence-corrected chi connectivity index (χ0v) is 10.0. The van der Waals surface area contributed by atoms with Crippen molar-refractivity contribution in [1.29, 1.82) is 0 Å². The van der Waals surface area contributed by atoms with Gasteiger partial charge in [0.25, 0.3) is 0 Å². The molecule has 0 aliphatic carbocycles. The summed E-state index contributed by atoms with van der Waals surface area (Å²) in [6.07, 6.45) is 0. The first-order chi connectivity index (χ1) is 7.84. The molecule has 1 atom stereocenters. The molecule has 0 aliphatic heterocycles. The molecule has 0 radical (unpaired) electrons. The summed E-state index contributed by atoms with van der Waals surface area (Å²) >= 11 is 0. The number of carboxylic acids is 2. The summed E-state index contributed by atoms with van der Waals surface area (Å²) in [6, 6.07) is 0.887. The number of hydrogen-bond donors (Lipinski definition) is 3. The second-order valence-corrected chi connectivity index (χ2v) is 3.94. The molecular weight excluding hydrogens is 224 g/mol. The maximum Gasteiger partial charge on any atom is 0.337 e. The third kappa shape index (κ3) is 2.85. The topological polar surface area (TPSA) is 91.6 Å². The molecule has 17 heavy (non-hydrogen) atoms. The van der Waals surface area contributed by atoms with Gasteiger partial charge < -0.3 is 14.8 Å². The lowest BCUT2D eigenvalue weighted by Crippen LogP contribution is -2.33. The van der Waals surface area contributed by atoms with Gasteiger partial charge in [-0.05, 0) is 19.9 Å². The Hall–Kier alpha value is -1.82. The third-order valence-electron chi connectivity index (χ3n) is 2.82.